The molecule has 0 bridgehead atoms. The van der Waals surface area contributed by atoms with E-state index in [1.54, 1.807) is 0 Å². The van der Waals surface area contributed by atoms with E-state index in [2.05, 4.69) is 0 Å². The largest absolute Gasteiger partial charge is 0.481 e. The van der Waals surface area contributed by atoms with Crippen molar-refractivity contribution in [2.75, 3.05) is 12.8 Å². The number of rotatable bonds is 6. The fourth-order valence-corrected chi connectivity index (χ4v) is 5.05. The Morgan fingerprint density at radius 3 is 2.26 bits per heavy atom. The summed E-state index contributed by atoms with van der Waals surface area (Å²) in [6.07, 6.45) is 2.57. The molecule has 0 saturated carbocycles. The van der Waals surface area contributed by atoms with Gasteiger partial charge in [-0.05, 0) is 43.5 Å². The molecule has 0 spiro atoms. The van der Waals surface area contributed by atoms with Crippen LogP contribution in [0.15, 0.2) is 34.1 Å². The maximum Gasteiger partial charge on any atom is 0.303 e. The minimum Gasteiger partial charge on any atom is -0.481 e. The molecule has 1 aliphatic heterocycles. The van der Waals surface area contributed by atoms with Gasteiger partial charge in [0.15, 0.2) is 9.84 Å². The number of nitrogens with zero attached hydrogens (tertiary/aromatic N) is 1. The van der Waals surface area contributed by atoms with Crippen molar-refractivity contribution in [2.24, 2.45) is 0 Å². The Balaban J connectivity index is 2.25. The second-order valence-corrected chi connectivity index (χ2v) is 9.49. The first-order valence-electron chi connectivity index (χ1n) is 7.16. The van der Waals surface area contributed by atoms with Gasteiger partial charge in [-0.1, -0.05) is 0 Å². The molecule has 1 heterocycles. The highest BCUT2D eigenvalue weighted by molar-refractivity contribution is 7.90. The Morgan fingerprint density at radius 2 is 1.74 bits per heavy atom. The predicted molar refractivity (Wildman–Crippen MR) is 83.3 cm³/mol. The Morgan fingerprint density at radius 1 is 1.17 bits per heavy atom. The van der Waals surface area contributed by atoms with Crippen LogP contribution in [0.25, 0.3) is 0 Å². The lowest BCUT2D eigenvalue weighted by Crippen LogP contribution is -2.35. The molecule has 0 aromatic heterocycles. The minimum absolute atomic E-state index is 0.0205. The van der Waals surface area contributed by atoms with E-state index < -0.39 is 25.8 Å². The Bertz CT molecular complexity index is 783. The number of sulfonamides is 1. The van der Waals surface area contributed by atoms with Gasteiger partial charge in [0.25, 0.3) is 0 Å². The van der Waals surface area contributed by atoms with Crippen LogP contribution in [0.3, 0.4) is 0 Å². The van der Waals surface area contributed by atoms with Crippen LogP contribution in [0, 0.1) is 0 Å². The summed E-state index contributed by atoms with van der Waals surface area (Å²) in [5, 5.41) is 8.76. The third-order valence-electron chi connectivity index (χ3n) is 3.87. The average Bonchev–Trinajstić information content (AvgIpc) is 2.93. The summed E-state index contributed by atoms with van der Waals surface area (Å²) in [5.74, 6) is -0.952. The molecular formula is C14H19NO6S2. The molecule has 23 heavy (non-hydrogen) atoms. The molecule has 0 aliphatic carbocycles. The number of aliphatic carboxylic acids is 1. The molecular weight excluding hydrogens is 342 g/mol. The zero-order chi connectivity index (χ0) is 17.3. The number of hydrogen-bond acceptors (Lipinski definition) is 5. The lowest BCUT2D eigenvalue weighted by Gasteiger charge is -2.23. The van der Waals surface area contributed by atoms with Crippen molar-refractivity contribution in [3.8, 4) is 0 Å². The number of carboxylic acid groups (broad SMARTS) is 1. The van der Waals surface area contributed by atoms with Gasteiger partial charge in [0.1, 0.15) is 0 Å². The lowest BCUT2D eigenvalue weighted by molar-refractivity contribution is -0.137. The van der Waals surface area contributed by atoms with E-state index >= 15 is 0 Å². The summed E-state index contributed by atoms with van der Waals surface area (Å²) in [5.41, 5.74) is 0. The molecule has 1 unspecified atom stereocenters. The Hall–Kier alpha value is -1.45. The van der Waals surface area contributed by atoms with Gasteiger partial charge in [0.05, 0.1) is 9.79 Å². The van der Waals surface area contributed by atoms with E-state index in [0.29, 0.717) is 19.4 Å². The first-order valence-corrected chi connectivity index (χ1v) is 10.5. The van der Waals surface area contributed by atoms with Crippen LogP contribution in [0.1, 0.15) is 25.7 Å². The van der Waals surface area contributed by atoms with Gasteiger partial charge >= 0.3 is 5.97 Å². The highest BCUT2D eigenvalue weighted by atomic mass is 32.2. The number of hydrogen-bond donors (Lipinski definition) is 1. The summed E-state index contributed by atoms with van der Waals surface area (Å²) in [7, 11) is -7.14. The van der Waals surface area contributed by atoms with Gasteiger partial charge in [0, 0.05) is 25.3 Å². The highest BCUT2D eigenvalue weighted by Crippen LogP contribution is 2.29. The number of carbonyl (C=O) groups is 1. The van der Waals surface area contributed by atoms with Crippen LogP contribution in [-0.4, -0.2) is 51.1 Å². The summed E-state index contributed by atoms with van der Waals surface area (Å²) in [6, 6.07) is 4.76. The quantitative estimate of drug-likeness (QED) is 0.813. The van der Waals surface area contributed by atoms with Gasteiger partial charge < -0.3 is 5.11 Å². The van der Waals surface area contributed by atoms with Crippen molar-refractivity contribution in [3.63, 3.8) is 0 Å². The van der Waals surface area contributed by atoms with Gasteiger partial charge in [-0.3, -0.25) is 4.79 Å². The van der Waals surface area contributed by atoms with Crippen molar-refractivity contribution in [2.45, 2.75) is 41.5 Å². The monoisotopic (exact) mass is 361 g/mol. The number of benzene rings is 1. The first kappa shape index (κ1) is 17.9. The second-order valence-electron chi connectivity index (χ2n) is 5.59. The Labute approximate surface area is 135 Å². The summed E-state index contributed by atoms with van der Waals surface area (Å²) in [6.45, 7) is 0.348. The van der Waals surface area contributed by atoms with Crippen molar-refractivity contribution >= 4 is 25.8 Å². The van der Waals surface area contributed by atoms with Crippen LogP contribution in [-0.2, 0) is 24.7 Å². The summed E-state index contributed by atoms with van der Waals surface area (Å²) >= 11 is 0. The molecule has 2 rings (SSSR count). The third kappa shape index (κ3) is 4.10. The van der Waals surface area contributed by atoms with Gasteiger partial charge in [0.2, 0.25) is 10.0 Å². The van der Waals surface area contributed by atoms with Crippen LogP contribution in [0.4, 0.5) is 0 Å². The highest BCUT2D eigenvalue weighted by Gasteiger charge is 2.35. The SMILES string of the molecule is CS(=O)(=O)c1ccc(S(=O)(=O)N2CCCC2CCC(=O)O)cc1. The molecule has 128 valence electrons. The molecule has 9 heteroatoms. The van der Waals surface area contributed by atoms with Gasteiger partial charge in [-0.25, -0.2) is 16.8 Å². The van der Waals surface area contributed by atoms with E-state index in [1.807, 2.05) is 0 Å². The molecule has 1 N–H and O–H groups in total. The van der Waals surface area contributed by atoms with Crippen LogP contribution in [0.2, 0.25) is 0 Å². The lowest BCUT2D eigenvalue weighted by atomic mass is 10.1. The fourth-order valence-electron chi connectivity index (χ4n) is 2.70. The maximum atomic E-state index is 12.7. The molecule has 1 aromatic rings. The standard InChI is InChI=1S/C14H19NO6S2/c1-22(18,19)12-5-7-13(8-6-12)23(20,21)15-10-2-3-11(15)4-9-14(16)17/h5-8,11H,2-4,9-10H2,1H3,(H,16,17). The van der Waals surface area contributed by atoms with Crippen molar-refractivity contribution in [1.82, 2.24) is 4.31 Å². The predicted octanol–water partition coefficient (Wildman–Crippen LogP) is 1.11. The fraction of sp³-hybridized carbons (Fsp3) is 0.500. The van der Waals surface area contributed by atoms with Crippen LogP contribution in [0.5, 0.6) is 0 Å². The van der Waals surface area contributed by atoms with E-state index in [9.17, 15) is 21.6 Å². The first-order chi connectivity index (χ1) is 10.6. The van der Waals surface area contributed by atoms with E-state index in [4.69, 9.17) is 5.11 Å². The molecule has 1 aliphatic rings. The zero-order valence-electron chi connectivity index (χ0n) is 12.7. The zero-order valence-corrected chi connectivity index (χ0v) is 14.3. The van der Waals surface area contributed by atoms with E-state index in [-0.39, 0.29) is 28.7 Å². The summed E-state index contributed by atoms with van der Waals surface area (Å²) in [4.78, 5) is 10.8. The van der Waals surface area contributed by atoms with Crippen LogP contribution < -0.4 is 0 Å². The molecule has 1 fully saturated rings. The smallest absolute Gasteiger partial charge is 0.303 e. The molecule has 0 radical (unpaired) electrons. The molecule has 1 aromatic carbocycles. The summed E-state index contributed by atoms with van der Waals surface area (Å²) < 4.78 is 49.6. The number of sulfone groups is 1. The second kappa shape index (κ2) is 6.58. The Kier molecular flexibility index (Phi) is 5.12. The number of carboxylic acids is 1. The van der Waals surface area contributed by atoms with E-state index in [0.717, 1.165) is 6.26 Å². The topological polar surface area (TPSA) is 109 Å². The van der Waals surface area contributed by atoms with Gasteiger partial charge in [-0.15, -0.1) is 0 Å². The molecule has 1 atom stereocenters. The molecule has 7 nitrogen and oxygen atoms in total. The normalized spacial score (nSPS) is 19.8. The van der Waals surface area contributed by atoms with Crippen LogP contribution >= 0.6 is 0 Å². The van der Waals surface area contributed by atoms with Crippen molar-refractivity contribution in [1.29, 1.82) is 0 Å². The van der Waals surface area contributed by atoms with Crippen molar-refractivity contribution in [3.05, 3.63) is 24.3 Å². The minimum atomic E-state index is -3.75. The van der Waals surface area contributed by atoms with Gasteiger partial charge in [-0.2, -0.15) is 4.31 Å². The molecule has 0 amide bonds. The molecule has 1 saturated heterocycles. The maximum absolute atomic E-state index is 12.7. The third-order valence-corrected chi connectivity index (χ3v) is 6.97. The van der Waals surface area contributed by atoms with E-state index in [1.165, 1.54) is 28.6 Å². The average molecular weight is 361 g/mol. The van der Waals surface area contributed by atoms with Crippen molar-refractivity contribution < 1.29 is 26.7 Å².